The fraction of sp³-hybridized carbons (Fsp3) is 0.0769. The average Bonchev–Trinajstić information content (AvgIpc) is 2.88. The number of ether oxygens (including phenoxy) is 2. The summed E-state index contributed by atoms with van der Waals surface area (Å²) in [5, 5.41) is 23.2. The van der Waals surface area contributed by atoms with Crippen LogP contribution in [0.3, 0.4) is 0 Å². The molecule has 3 aromatic carbocycles. The maximum atomic E-state index is 13.2. The lowest BCUT2D eigenvalue weighted by Gasteiger charge is -2.26. The van der Waals surface area contributed by atoms with Gasteiger partial charge in [-0.15, -0.1) is 0 Å². The number of rotatable bonds is 7. The minimum absolute atomic E-state index is 0.0600. The van der Waals surface area contributed by atoms with Gasteiger partial charge in [-0.1, -0.05) is 30.3 Å². The molecule has 0 unspecified atom stereocenters. The molecule has 1 aliphatic heterocycles. The Morgan fingerprint density at radius 3 is 2.47 bits per heavy atom. The molecule has 0 atom stereocenters. The summed E-state index contributed by atoms with van der Waals surface area (Å²) in [5.41, 5.74) is 1.24. The summed E-state index contributed by atoms with van der Waals surface area (Å²) in [6.45, 7) is 0.354. The number of nitriles is 1. The zero-order valence-corrected chi connectivity index (χ0v) is 19.7. The van der Waals surface area contributed by atoms with E-state index in [9.17, 15) is 19.5 Å². The third-order valence-electron chi connectivity index (χ3n) is 5.19. The number of carbonyl (C=O) groups is 3. The molecule has 1 saturated heterocycles. The van der Waals surface area contributed by atoms with Crippen molar-refractivity contribution in [3.63, 3.8) is 0 Å². The number of barbiturate groups is 1. The Morgan fingerprint density at radius 1 is 1.08 bits per heavy atom. The van der Waals surface area contributed by atoms with Crippen molar-refractivity contribution in [2.75, 3.05) is 12.0 Å². The molecular formula is C26H19N3O6S. The number of hydrogen-bond donors (Lipinski definition) is 2. The van der Waals surface area contributed by atoms with Gasteiger partial charge in [0.15, 0.2) is 11.5 Å². The highest BCUT2D eigenvalue weighted by Crippen LogP contribution is 2.38. The largest absolute Gasteiger partial charge is 0.503 e. The number of imide groups is 2. The quantitative estimate of drug-likeness (QED) is 0.213. The van der Waals surface area contributed by atoms with Crippen LogP contribution in [0, 0.1) is 10.7 Å². The van der Waals surface area contributed by atoms with Crippen LogP contribution in [-0.2, 0) is 16.2 Å². The van der Waals surface area contributed by atoms with E-state index in [-0.39, 0.29) is 27.7 Å². The highest BCUT2D eigenvalue weighted by atomic mass is 32.2. The van der Waals surface area contributed by atoms with Crippen molar-refractivity contribution in [2.24, 2.45) is 0 Å². The van der Waals surface area contributed by atoms with Crippen molar-refractivity contribution >= 4 is 41.4 Å². The molecule has 180 valence electrons. The average molecular weight is 502 g/mol. The van der Waals surface area contributed by atoms with E-state index in [0.29, 0.717) is 29.7 Å². The predicted octanol–water partition coefficient (Wildman–Crippen LogP) is 4.22. The van der Waals surface area contributed by atoms with Gasteiger partial charge in [-0.2, -0.15) is 5.26 Å². The second-order valence-electron chi connectivity index (χ2n) is 7.49. The van der Waals surface area contributed by atoms with Gasteiger partial charge in [0.05, 0.1) is 17.7 Å². The van der Waals surface area contributed by atoms with Crippen LogP contribution in [0.25, 0.3) is 6.08 Å². The van der Waals surface area contributed by atoms with Crippen molar-refractivity contribution in [3.05, 3.63) is 83.4 Å². The topological polar surface area (TPSA) is 129 Å². The van der Waals surface area contributed by atoms with Gasteiger partial charge in [-0.25, -0.2) is 9.69 Å². The van der Waals surface area contributed by atoms with E-state index in [1.54, 1.807) is 12.1 Å². The van der Waals surface area contributed by atoms with Gasteiger partial charge in [0.25, 0.3) is 11.8 Å². The summed E-state index contributed by atoms with van der Waals surface area (Å²) in [6, 6.07) is 17.9. The number of thiocyanates is 1. The molecule has 0 saturated carbocycles. The van der Waals surface area contributed by atoms with Crippen LogP contribution in [-0.4, -0.2) is 30.1 Å². The smallest absolute Gasteiger partial charge is 0.335 e. The number of hydrogen-bond acceptors (Lipinski definition) is 8. The maximum absolute atomic E-state index is 13.2. The van der Waals surface area contributed by atoms with Crippen molar-refractivity contribution < 1.29 is 29.0 Å². The Morgan fingerprint density at radius 2 is 1.81 bits per heavy atom. The van der Waals surface area contributed by atoms with Gasteiger partial charge in [0.1, 0.15) is 23.3 Å². The van der Waals surface area contributed by atoms with Gasteiger partial charge in [-0.05, 0) is 65.4 Å². The molecule has 1 fully saturated rings. The van der Waals surface area contributed by atoms with Gasteiger partial charge in [0, 0.05) is 0 Å². The third-order valence-corrected chi connectivity index (χ3v) is 5.82. The number of nitrogens with zero attached hydrogens (tertiary/aromatic N) is 2. The zero-order valence-electron chi connectivity index (χ0n) is 18.9. The molecule has 0 bridgehead atoms. The number of methoxy groups -OCH3 is 1. The number of amides is 4. The van der Waals surface area contributed by atoms with E-state index in [2.05, 4.69) is 5.32 Å². The molecule has 0 aromatic heterocycles. The number of aromatic hydroxyl groups is 1. The first-order valence-corrected chi connectivity index (χ1v) is 11.4. The van der Waals surface area contributed by atoms with E-state index in [4.69, 9.17) is 14.7 Å². The Bertz CT molecular complexity index is 1400. The molecule has 10 heteroatoms. The number of phenolic OH excluding ortho intramolecular Hbond substituents is 1. The van der Waals surface area contributed by atoms with Crippen LogP contribution < -0.4 is 19.7 Å². The lowest BCUT2D eigenvalue weighted by Crippen LogP contribution is -2.54. The van der Waals surface area contributed by atoms with Crippen LogP contribution in [0.15, 0.2) is 77.2 Å². The van der Waals surface area contributed by atoms with Crippen LogP contribution >= 0.6 is 11.8 Å². The molecule has 4 rings (SSSR count). The molecule has 0 aliphatic carbocycles. The van der Waals surface area contributed by atoms with Gasteiger partial charge >= 0.3 is 6.03 Å². The Kier molecular flexibility index (Phi) is 7.23. The lowest BCUT2D eigenvalue weighted by molar-refractivity contribution is -0.122. The summed E-state index contributed by atoms with van der Waals surface area (Å²) >= 11 is 0.695. The summed E-state index contributed by atoms with van der Waals surface area (Å²) in [7, 11) is 1.33. The molecular weight excluding hydrogens is 482 g/mol. The van der Waals surface area contributed by atoms with E-state index in [1.807, 2.05) is 35.7 Å². The first kappa shape index (κ1) is 24.4. The monoisotopic (exact) mass is 501 g/mol. The summed E-state index contributed by atoms with van der Waals surface area (Å²) in [6.07, 6.45) is 1.26. The second-order valence-corrected chi connectivity index (χ2v) is 8.32. The van der Waals surface area contributed by atoms with Crippen molar-refractivity contribution in [3.8, 4) is 22.6 Å². The van der Waals surface area contributed by atoms with E-state index in [0.717, 1.165) is 10.5 Å². The third kappa shape index (κ3) is 5.16. The van der Waals surface area contributed by atoms with Gasteiger partial charge in [-0.3, -0.25) is 14.9 Å². The highest BCUT2D eigenvalue weighted by Gasteiger charge is 2.37. The number of urea groups is 1. The molecule has 0 radical (unpaired) electrons. The van der Waals surface area contributed by atoms with Crippen molar-refractivity contribution in [1.29, 1.82) is 5.26 Å². The minimum Gasteiger partial charge on any atom is -0.503 e. The summed E-state index contributed by atoms with van der Waals surface area (Å²) in [4.78, 5) is 39.2. The Hall–Kier alpha value is -4.75. The SMILES string of the molecule is COc1cc(/C=C2/C(=O)NC(=O)N(c3ccc(OCc4ccccc4)cc3)C2=O)cc(SC#N)c1O. The molecule has 36 heavy (non-hydrogen) atoms. The normalized spacial score (nSPS) is 14.4. The second kappa shape index (κ2) is 10.7. The van der Waals surface area contributed by atoms with Crippen LogP contribution in [0.2, 0.25) is 0 Å². The highest BCUT2D eigenvalue weighted by molar-refractivity contribution is 8.03. The van der Waals surface area contributed by atoms with Crippen LogP contribution in [0.1, 0.15) is 11.1 Å². The summed E-state index contributed by atoms with van der Waals surface area (Å²) < 4.78 is 10.9. The van der Waals surface area contributed by atoms with Gasteiger partial charge in [0.2, 0.25) is 0 Å². The Labute approximate surface area is 210 Å². The van der Waals surface area contributed by atoms with Crippen molar-refractivity contribution in [2.45, 2.75) is 11.5 Å². The molecule has 2 N–H and O–H groups in total. The zero-order chi connectivity index (χ0) is 25.7. The van der Waals surface area contributed by atoms with Crippen LogP contribution in [0.5, 0.6) is 17.2 Å². The number of anilines is 1. The lowest BCUT2D eigenvalue weighted by atomic mass is 10.1. The molecule has 1 aliphatic rings. The fourth-order valence-corrected chi connectivity index (χ4v) is 3.95. The Balaban J connectivity index is 1.59. The maximum Gasteiger partial charge on any atom is 0.335 e. The van der Waals surface area contributed by atoms with Crippen LogP contribution in [0.4, 0.5) is 10.5 Å². The van der Waals surface area contributed by atoms with E-state index < -0.39 is 17.8 Å². The predicted molar refractivity (Wildman–Crippen MR) is 132 cm³/mol. The van der Waals surface area contributed by atoms with E-state index >= 15 is 0 Å². The molecule has 9 nitrogen and oxygen atoms in total. The van der Waals surface area contributed by atoms with Crippen molar-refractivity contribution in [1.82, 2.24) is 5.32 Å². The first-order chi connectivity index (χ1) is 17.4. The number of carbonyl (C=O) groups excluding carboxylic acids is 3. The number of nitrogens with one attached hydrogen (secondary N) is 1. The number of phenols is 1. The fourth-order valence-electron chi connectivity index (χ4n) is 3.46. The first-order valence-electron chi connectivity index (χ1n) is 10.6. The summed E-state index contributed by atoms with van der Waals surface area (Å²) in [5.74, 6) is -1.34. The number of thioether (sulfide) groups is 1. The molecule has 1 heterocycles. The van der Waals surface area contributed by atoms with E-state index in [1.165, 1.54) is 37.5 Å². The molecule has 0 spiro atoms. The molecule has 4 amide bonds. The molecule has 3 aromatic rings. The number of benzene rings is 3. The standard InChI is InChI=1S/C26H19N3O6S/c1-34-21-12-17(13-22(23(21)30)36-15-27)11-20-24(31)28-26(33)29(25(20)32)18-7-9-19(10-8-18)35-14-16-5-3-2-4-6-16/h2-13,30H,14H2,1H3,(H,28,31,33)/b20-11-. The minimum atomic E-state index is -0.885. The van der Waals surface area contributed by atoms with Gasteiger partial charge < -0.3 is 14.6 Å².